The fraction of sp³-hybridized carbons (Fsp3) is 0. The van der Waals surface area contributed by atoms with Crippen molar-refractivity contribution in [2.24, 2.45) is 4.99 Å². The van der Waals surface area contributed by atoms with Crippen molar-refractivity contribution in [3.05, 3.63) is 111 Å². The van der Waals surface area contributed by atoms with Crippen molar-refractivity contribution >= 4 is 65.5 Å². The van der Waals surface area contributed by atoms with Crippen molar-refractivity contribution in [2.45, 2.75) is 4.90 Å². The molecule has 0 unspecified atom stereocenters. The highest BCUT2D eigenvalue weighted by Crippen LogP contribution is 2.35. The van der Waals surface area contributed by atoms with Crippen LogP contribution in [-0.2, 0) is 10.1 Å². The number of benzene rings is 4. The topological polar surface area (TPSA) is 65.0 Å². The maximum Gasteiger partial charge on any atom is 0.339 e. The number of nitrogens with zero attached hydrogens (tertiary/aromatic N) is 1. The van der Waals surface area contributed by atoms with Crippen LogP contribution >= 0.6 is 43.5 Å². The molecule has 0 N–H and O–H groups in total. The Morgan fingerprint density at radius 1 is 0.824 bits per heavy atom. The van der Waals surface area contributed by atoms with E-state index in [0.29, 0.717) is 26.5 Å². The van der Waals surface area contributed by atoms with Gasteiger partial charge in [0.15, 0.2) is 5.75 Å². The molecule has 0 aliphatic carbocycles. The minimum atomic E-state index is -4.09. The van der Waals surface area contributed by atoms with Crippen LogP contribution in [0.2, 0.25) is 5.02 Å². The molecule has 0 aromatic heterocycles. The maximum atomic E-state index is 12.8. The average molecular weight is 622 g/mol. The molecule has 34 heavy (non-hydrogen) atoms. The molecule has 0 heterocycles. The van der Waals surface area contributed by atoms with Gasteiger partial charge in [-0.25, -0.2) is 0 Å². The average Bonchev–Trinajstić information content (AvgIpc) is 2.81. The lowest BCUT2D eigenvalue weighted by atomic mass is 10.2. The van der Waals surface area contributed by atoms with Gasteiger partial charge in [0.25, 0.3) is 0 Å². The summed E-state index contributed by atoms with van der Waals surface area (Å²) < 4.78 is 38.1. The Bertz CT molecular complexity index is 1430. The van der Waals surface area contributed by atoms with Crippen LogP contribution in [0.15, 0.2) is 110 Å². The summed E-state index contributed by atoms with van der Waals surface area (Å²) in [5.74, 6) is 1.53. The minimum absolute atomic E-state index is 0.0105. The number of rotatable bonds is 7. The number of hydrogen-bond donors (Lipinski definition) is 0. The summed E-state index contributed by atoms with van der Waals surface area (Å²) in [5, 5.41) is 0.428. The Morgan fingerprint density at radius 3 is 2.15 bits per heavy atom. The van der Waals surface area contributed by atoms with Gasteiger partial charge in [-0.05, 0) is 88.7 Å². The highest BCUT2D eigenvalue weighted by atomic mass is 79.9. The lowest BCUT2D eigenvalue weighted by molar-refractivity contribution is 0.482. The largest absolute Gasteiger partial charge is 0.457 e. The molecular weight excluding hydrogens is 606 g/mol. The highest BCUT2D eigenvalue weighted by Gasteiger charge is 2.21. The van der Waals surface area contributed by atoms with Crippen LogP contribution in [0.3, 0.4) is 0 Å². The number of para-hydroxylation sites is 1. The fourth-order valence-corrected chi connectivity index (χ4v) is 5.44. The smallest absolute Gasteiger partial charge is 0.339 e. The van der Waals surface area contributed by atoms with Gasteiger partial charge in [0, 0.05) is 21.3 Å². The molecule has 9 heteroatoms. The predicted molar refractivity (Wildman–Crippen MR) is 141 cm³/mol. The number of halogens is 3. The summed E-state index contributed by atoms with van der Waals surface area (Å²) in [6.45, 7) is 0. The second kappa shape index (κ2) is 10.7. The van der Waals surface area contributed by atoms with Gasteiger partial charge in [-0.3, -0.25) is 4.99 Å². The summed E-state index contributed by atoms with van der Waals surface area (Å²) in [7, 11) is -4.09. The molecule has 0 atom stereocenters. The van der Waals surface area contributed by atoms with E-state index in [1.54, 1.807) is 36.4 Å². The Hall–Kier alpha value is -2.65. The summed E-state index contributed by atoms with van der Waals surface area (Å²) in [4.78, 5) is 4.46. The lowest BCUT2D eigenvalue weighted by Crippen LogP contribution is -2.11. The van der Waals surface area contributed by atoms with Gasteiger partial charge in [0.05, 0.1) is 10.2 Å². The van der Waals surface area contributed by atoms with Crippen LogP contribution in [0.5, 0.6) is 17.2 Å². The van der Waals surface area contributed by atoms with Gasteiger partial charge in [-0.2, -0.15) is 8.42 Å². The van der Waals surface area contributed by atoms with E-state index in [-0.39, 0.29) is 10.6 Å². The third-order valence-electron chi connectivity index (χ3n) is 4.50. The van der Waals surface area contributed by atoms with Crippen molar-refractivity contribution in [1.82, 2.24) is 0 Å². The van der Waals surface area contributed by atoms with Crippen molar-refractivity contribution in [1.29, 1.82) is 0 Å². The van der Waals surface area contributed by atoms with Crippen LogP contribution in [-0.4, -0.2) is 14.6 Å². The Kier molecular flexibility index (Phi) is 7.73. The van der Waals surface area contributed by atoms with Crippen LogP contribution in [0, 0.1) is 0 Å². The number of hydrogen-bond acceptors (Lipinski definition) is 5. The van der Waals surface area contributed by atoms with Crippen LogP contribution in [0.1, 0.15) is 5.56 Å². The third-order valence-corrected chi connectivity index (χ3v) is 7.04. The Balaban J connectivity index is 1.58. The van der Waals surface area contributed by atoms with Crippen molar-refractivity contribution in [3.8, 4) is 17.2 Å². The molecule has 0 saturated carbocycles. The van der Waals surface area contributed by atoms with Gasteiger partial charge in [0.1, 0.15) is 16.4 Å². The van der Waals surface area contributed by atoms with Crippen molar-refractivity contribution in [3.63, 3.8) is 0 Å². The first-order valence-corrected chi connectivity index (χ1v) is 13.2. The molecule has 0 amide bonds. The van der Waals surface area contributed by atoms with E-state index >= 15 is 0 Å². The van der Waals surface area contributed by atoms with E-state index in [2.05, 4.69) is 36.9 Å². The molecule has 0 aliphatic rings. The summed E-state index contributed by atoms with van der Waals surface area (Å²) in [5.41, 5.74) is 1.12. The molecular formula is C25H16Br2ClNO4S. The second-order valence-corrected chi connectivity index (χ2v) is 10.7. The Morgan fingerprint density at radius 2 is 1.47 bits per heavy atom. The van der Waals surface area contributed by atoms with Crippen LogP contribution < -0.4 is 8.92 Å². The lowest BCUT2D eigenvalue weighted by Gasteiger charge is -2.12. The predicted octanol–water partition coefficient (Wildman–Crippen LogP) is 8.18. The van der Waals surface area contributed by atoms with E-state index in [9.17, 15) is 8.42 Å². The monoisotopic (exact) mass is 619 g/mol. The number of aliphatic imine (C=N–C) groups is 1. The first-order chi connectivity index (χ1) is 16.3. The molecule has 4 rings (SSSR count). The van der Waals surface area contributed by atoms with E-state index in [1.807, 2.05) is 30.3 Å². The van der Waals surface area contributed by atoms with E-state index < -0.39 is 10.1 Å². The summed E-state index contributed by atoms with van der Waals surface area (Å²) in [6.07, 6.45) is 1.54. The third kappa shape index (κ3) is 6.27. The zero-order chi connectivity index (χ0) is 24.1. The zero-order valence-electron chi connectivity index (χ0n) is 17.4. The molecule has 0 spiro atoms. The van der Waals surface area contributed by atoms with Gasteiger partial charge in [-0.15, -0.1) is 0 Å². The molecule has 4 aromatic carbocycles. The van der Waals surface area contributed by atoms with Gasteiger partial charge in [-0.1, -0.05) is 45.7 Å². The van der Waals surface area contributed by atoms with E-state index in [0.717, 1.165) is 10.2 Å². The quantitative estimate of drug-likeness (QED) is 0.154. The summed E-state index contributed by atoms with van der Waals surface area (Å²) in [6, 6.07) is 25.8. The number of ether oxygens (including phenoxy) is 1. The van der Waals surface area contributed by atoms with Gasteiger partial charge >= 0.3 is 10.1 Å². The zero-order valence-corrected chi connectivity index (χ0v) is 22.1. The van der Waals surface area contributed by atoms with E-state index in [4.69, 9.17) is 20.5 Å². The maximum absolute atomic E-state index is 12.8. The molecule has 0 saturated heterocycles. The minimum Gasteiger partial charge on any atom is -0.457 e. The van der Waals surface area contributed by atoms with Crippen LogP contribution in [0.4, 0.5) is 5.69 Å². The van der Waals surface area contributed by atoms with Crippen LogP contribution in [0.25, 0.3) is 0 Å². The molecule has 4 aromatic rings. The second-order valence-electron chi connectivity index (χ2n) is 6.96. The van der Waals surface area contributed by atoms with Crippen molar-refractivity contribution in [2.75, 3.05) is 0 Å². The molecule has 0 radical (unpaired) electrons. The van der Waals surface area contributed by atoms with E-state index in [1.165, 1.54) is 30.5 Å². The van der Waals surface area contributed by atoms with Crippen molar-refractivity contribution < 1.29 is 17.3 Å². The molecule has 0 fully saturated rings. The molecule has 0 bridgehead atoms. The van der Waals surface area contributed by atoms with Gasteiger partial charge in [0.2, 0.25) is 0 Å². The van der Waals surface area contributed by atoms with Gasteiger partial charge < -0.3 is 8.92 Å². The standard InChI is InChI=1S/C25H16Br2ClNO4S/c26-18-14-17(16-29-20-8-10-22(11-9-20)32-21-4-2-1-3-5-21)25(24(27)15-18)33-34(30,31)23-12-6-19(28)7-13-23/h1-16H. The molecule has 0 aliphatic heterocycles. The first kappa shape index (κ1) is 24.5. The summed E-state index contributed by atoms with van der Waals surface area (Å²) >= 11 is 12.7. The SMILES string of the molecule is O=S(=O)(Oc1c(Br)cc(Br)cc1C=Nc1ccc(Oc2ccccc2)cc1)c1ccc(Cl)cc1. The fourth-order valence-electron chi connectivity index (χ4n) is 2.89. The highest BCUT2D eigenvalue weighted by molar-refractivity contribution is 9.11. The Labute approximate surface area is 219 Å². The normalized spacial score (nSPS) is 11.5. The molecule has 5 nitrogen and oxygen atoms in total. The first-order valence-electron chi connectivity index (χ1n) is 9.86. The molecule has 172 valence electrons.